The minimum Gasteiger partial charge on any atom is -0.469 e. The second kappa shape index (κ2) is 3.42. The molecule has 0 amide bonds. The van der Waals surface area contributed by atoms with Gasteiger partial charge in [0, 0.05) is 13.0 Å². The summed E-state index contributed by atoms with van der Waals surface area (Å²) in [5, 5.41) is 8.51. The average Bonchev–Trinajstić information content (AvgIpc) is 2.31. The standard InChI is InChI=1S/C8H12O2/c1-7-4-6-10-8(7)3-2-5-9/h4,6,9H,2-3,5H2,1H3. The Morgan fingerprint density at radius 3 is 2.90 bits per heavy atom. The van der Waals surface area contributed by atoms with Gasteiger partial charge in [-0.05, 0) is 25.0 Å². The molecule has 0 radical (unpaired) electrons. The van der Waals surface area contributed by atoms with Crippen LogP contribution in [0.3, 0.4) is 0 Å². The number of hydrogen-bond acceptors (Lipinski definition) is 2. The van der Waals surface area contributed by atoms with Crippen LogP contribution in [0.4, 0.5) is 0 Å². The molecule has 56 valence electrons. The predicted octanol–water partition coefficient (Wildman–Crippen LogP) is 1.51. The van der Waals surface area contributed by atoms with E-state index in [1.54, 1.807) is 6.26 Å². The molecule has 0 aliphatic rings. The van der Waals surface area contributed by atoms with Crippen LogP contribution in [0.25, 0.3) is 0 Å². The summed E-state index contributed by atoms with van der Waals surface area (Å²) < 4.78 is 5.16. The van der Waals surface area contributed by atoms with E-state index >= 15 is 0 Å². The molecule has 0 aromatic carbocycles. The summed E-state index contributed by atoms with van der Waals surface area (Å²) in [6.07, 6.45) is 3.31. The van der Waals surface area contributed by atoms with Crippen molar-refractivity contribution in [2.45, 2.75) is 19.8 Å². The van der Waals surface area contributed by atoms with Gasteiger partial charge in [-0.15, -0.1) is 0 Å². The summed E-state index contributed by atoms with van der Waals surface area (Å²) in [5.41, 5.74) is 1.17. The molecule has 0 saturated carbocycles. The van der Waals surface area contributed by atoms with Gasteiger partial charge in [0.1, 0.15) is 5.76 Å². The quantitative estimate of drug-likeness (QED) is 0.690. The van der Waals surface area contributed by atoms with Crippen LogP contribution in [0.15, 0.2) is 16.7 Å². The Hall–Kier alpha value is -0.760. The van der Waals surface area contributed by atoms with Crippen molar-refractivity contribution in [2.75, 3.05) is 6.61 Å². The van der Waals surface area contributed by atoms with Gasteiger partial charge >= 0.3 is 0 Å². The lowest BCUT2D eigenvalue weighted by Crippen LogP contribution is -1.88. The maximum absolute atomic E-state index is 8.51. The van der Waals surface area contributed by atoms with Crippen molar-refractivity contribution in [3.63, 3.8) is 0 Å². The molecule has 0 aliphatic carbocycles. The van der Waals surface area contributed by atoms with Crippen LogP contribution in [-0.2, 0) is 6.42 Å². The predicted molar refractivity (Wildman–Crippen MR) is 38.9 cm³/mol. The summed E-state index contributed by atoms with van der Waals surface area (Å²) in [5.74, 6) is 0.994. The molecule has 0 fully saturated rings. The summed E-state index contributed by atoms with van der Waals surface area (Å²) >= 11 is 0. The largest absolute Gasteiger partial charge is 0.469 e. The molecule has 2 heteroatoms. The van der Waals surface area contributed by atoms with Gasteiger partial charge in [0.15, 0.2) is 0 Å². The second-order valence-electron chi connectivity index (χ2n) is 2.35. The number of aliphatic hydroxyl groups is 1. The van der Waals surface area contributed by atoms with Crippen molar-refractivity contribution in [3.05, 3.63) is 23.7 Å². The van der Waals surface area contributed by atoms with E-state index in [-0.39, 0.29) is 6.61 Å². The third kappa shape index (κ3) is 1.61. The highest BCUT2D eigenvalue weighted by atomic mass is 16.3. The lowest BCUT2D eigenvalue weighted by molar-refractivity contribution is 0.284. The first-order chi connectivity index (χ1) is 4.84. The molecular formula is C8H12O2. The fourth-order valence-electron chi connectivity index (χ4n) is 0.900. The second-order valence-corrected chi connectivity index (χ2v) is 2.35. The van der Waals surface area contributed by atoms with E-state index in [2.05, 4.69) is 0 Å². The molecule has 0 atom stereocenters. The third-order valence-corrected chi connectivity index (χ3v) is 1.53. The summed E-state index contributed by atoms with van der Waals surface area (Å²) in [7, 11) is 0. The van der Waals surface area contributed by atoms with Crippen LogP contribution in [0.1, 0.15) is 17.7 Å². The van der Waals surface area contributed by atoms with Crippen LogP contribution < -0.4 is 0 Å². The topological polar surface area (TPSA) is 33.4 Å². The van der Waals surface area contributed by atoms with Crippen molar-refractivity contribution in [3.8, 4) is 0 Å². The number of aryl methyl sites for hydroxylation is 2. The van der Waals surface area contributed by atoms with Gasteiger partial charge < -0.3 is 9.52 Å². The third-order valence-electron chi connectivity index (χ3n) is 1.53. The number of rotatable bonds is 3. The lowest BCUT2D eigenvalue weighted by Gasteiger charge is -1.93. The van der Waals surface area contributed by atoms with Crippen molar-refractivity contribution in [1.82, 2.24) is 0 Å². The monoisotopic (exact) mass is 140 g/mol. The Kier molecular flexibility index (Phi) is 2.51. The highest BCUT2D eigenvalue weighted by Crippen LogP contribution is 2.10. The van der Waals surface area contributed by atoms with Crippen LogP contribution >= 0.6 is 0 Å². The summed E-state index contributed by atoms with van der Waals surface area (Å²) in [6, 6.07) is 1.94. The molecule has 0 unspecified atom stereocenters. The first kappa shape index (κ1) is 7.35. The highest BCUT2D eigenvalue weighted by molar-refractivity contribution is 5.14. The van der Waals surface area contributed by atoms with E-state index in [9.17, 15) is 0 Å². The normalized spacial score (nSPS) is 10.2. The zero-order valence-corrected chi connectivity index (χ0v) is 6.13. The fraction of sp³-hybridized carbons (Fsp3) is 0.500. The number of aliphatic hydroxyl groups excluding tert-OH is 1. The van der Waals surface area contributed by atoms with Gasteiger partial charge in [0.05, 0.1) is 6.26 Å². The molecule has 1 aromatic heterocycles. The SMILES string of the molecule is Cc1ccoc1CCCO. The van der Waals surface area contributed by atoms with E-state index in [4.69, 9.17) is 9.52 Å². The van der Waals surface area contributed by atoms with Gasteiger partial charge in [-0.25, -0.2) is 0 Å². The minimum absolute atomic E-state index is 0.236. The average molecular weight is 140 g/mol. The Morgan fingerprint density at radius 2 is 2.40 bits per heavy atom. The van der Waals surface area contributed by atoms with E-state index in [0.29, 0.717) is 0 Å². The van der Waals surface area contributed by atoms with Gasteiger partial charge in [-0.2, -0.15) is 0 Å². The van der Waals surface area contributed by atoms with E-state index in [1.807, 2.05) is 13.0 Å². The Balaban J connectivity index is 2.49. The minimum atomic E-state index is 0.236. The molecule has 1 heterocycles. The van der Waals surface area contributed by atoms with Crippen molar-refractivity contribution >= 4 is 0 Å². The molecule has 0 aliphatic heterocycles. The zero-order chi connectivity index (χ0) is 7.40. The highest BCUT2D eigenvalue weighted by Gasteiger charge is 1.99. The molecule has 10 heavy (non-hydrogen) atoms. The Bertz CT molecular complexity index is 191. The van der Waals surface area contributed by atoms with Gasteiger partial charge in [0.25, 0.3) is 0 Å². The zero-order valence-electron chi connectivity index (χ0n) is 6.13. The molecule has 1 aromatic rings. The molecular weight excluding hydrogens is 128 g/mol. The maximum atomic E-state index is 8.51. The summed E-state index contributed by atoms with van der Waals surface area (Å²) in [4.78, 5) is 0. The molecule has 0 bridgehead atoms. The van der Waals surface area contributed by atoms with Crippen LogP contribution in [0, 0.1) is 6.92 Å². The maximum Gasteiger partial charge on any atom is 0.106 e. The molecule has 1 N–H and O–H groups in total. The first-order valence-corrected chi connectivity index (χ1v) is 3.48. The molecule has 0 spiro atoms. The fourth-order valence-corrected chi connectivity index (χ4v) is 0.900. The Labute approximate surface area is 60.5 Å². The Morgan fingerprint density at radius 1 is 1.60 bits per heavy atom. The first-order valence-electron chi connectivity index (χ1n) is 3.48. The molecule has 2 nitrogen and oxygen atoms in total. The van der Waals surface area contributed by atoms with E-state index < -0.39 is 0 Å². The van der Waals surface area contributed by atoms with Crippen molar-refractivity contribution < 1.29 is 9.52 Å². The van der Waals surface area contributed by atoms with Crippen molar-refractivity contribution in [2.24, 2.45) is 0 Å². The van der Waals surface area contributed by atoms with Crippen molar-refractivity contribution in [1.29, 1.82) is 0 Å². The molecule has 1 rings (SSSR count). The summed E-state index contributed by atoms with van der Waals surface area (Å²) in [6.45, 7) is 2.25. The number of hydrogen-bond donors (Lipinski definition) is 1. The smallest absolute Gasteiger partial charge is 0.106 e. The van der Waals surface area contributed by atoms with Crippen LogP contribution in [-0.4, -0.2) is 11.7 Å². The number of furan rings is 1. The van der Waals surface area contributed by atoms with Gasteiger partial charge in [-0.1, -0.05) is 0 Å². The van der Waals surface area contributed by atoms with E-state index in [0.717, 1.165) is 18.6 Å². The van der Waals surface area contributed by atoms with Gasteiger partial charge in [-0.3, -0.25) is 0 Å². The van der Waals surface area contributed by atoms with Gasteiger partial charge in [0.2, 0.25) is 0 Å². The van der Waals surface area contributed by atoms with Crippen LogP contribution in [0.2, 0.25) is 0 Å². The molecule has 0 saturated heterocycles. The lowest BCUT2D eigenvalue weighted by atomic mass is 10.2. The van der Waals surface area contributed by atoms with E-state index in [1.165, 1.54) is 5.56 Å². The van der Waals surface area contributed by atoms with Crippen LogP contribution in [0.5, 0.6) is 0 Å².